The summed E-state index contributed by atoms with van der Waals surface area (Å²) >= 11 is 5.80. The van der Waals surface area contributed by atoms with E-state index in [2.05, 4.69) is 24.4 Å². The molecule has 0 aliphatic heterocycles. The van der Waals surface area contributed by atoms with Crippen molar-refractivity contribution in [1.82, 2.24) is 0 Å². The molecule has 0 aromatic heterocycles. The fraction of sp³-hybridized carbons (Fsp3) is 0.455. The van der Waals surface area contributed by atoms with Crippen LogP contribution in [-0.2, 0) is 5.88 Å². The molecular weight excluding hydrogens is 182 g/mol. The Balaban J connectivity index is 2.54. The Kier molecular flexibility index (Phi) is 4.69. The van der Waals surface area contributed by atoms with Gasteiger partial charge in [-0.2, -0.15) is 0 Å². The van der Waals surface area contributed by atoms with Gasteiger partial charge in [-0.25, -0.2) is 0 Å². The Morgan fingerprint density at radius 2 is 2.08 bits per heavy atom. The van der Waals surface area contributed by atoms with Gasteiger partial charge in [0.15, 0.2) is 0 Å². The number of para-hydroxylation sites is 1. The Bertz CT molecular complexity index is 248. The monoisotopic (exact) mass is 197 g/mol. The van der Waals surface area contributed by atoms with Gasteiger partial charge in [0.1, 0.15) is 0 Å². The highest BCUT2D eigenvalue weighted by Crippen LogP contribution is 2.16. The van der Waals surface area contributed by atoms with Crippen LogP contribution < -0.4 is 5.32 Å². The summed E-state index contributed by atoms with van der Waals surface area (Å²) in [5.41, 5.74) is 2.35. The summed E-state index contributed by atoms with van der Waals surface area (Å²) < 4.78 is 0. The fourth-order valence-electron chi connectivity index (χ4n) is 1.21. The zero-order valence-corrected chi connectivity index (χ0v) is 8.77. The third-order valence-electron chi connectivity index (χ3n) is 2.01. The Morgan fingerprint density at radius 3 is 2.77 bits per heavy atom. The van der Waals surface area contributed by atoms with Crippen molar-refractivity contribution in [2.24, 2.45) is 0 Å². The summed E-state index contributed by atoms with van der Waals surface area (Å²) in [4.78, 5) is 0. The number of anilines is 1. The van der Waals surface area contributed by atoms with Crippen molar-refractivity contribution in [3.8, 4) is 0 Å². The van der Waals surface area contributed by atoms with Gasteiger partial charge in [0.25, 0.3) is 0 Å². The van der Waals surface area contributed by atoms with Gasteiger partial charge in [0.05, 0.1) is 0 Å². The van der Waals surface area contributed by atoms with Crippen LogP contribution >= 0.6 is 11.6 Å². The van der Waals surface area contributed by atoms with E-state index in [-0.39, 0.29) is 0 Å². The van der Waals surface area contributed by atoms with Crippen LogP contribution in [0.4, 0.5) is 5.69 Å². The van der Waals surface area contributed by atoms with E-state index in [9.17, 15) is 0 Å². The number of hydrogen-bond acceptors (Lipinski definition) is 1. The molecule has 0 saturated heterocycles. The molecule has 2 heteroatoms. The predicted octanol–water partition coefficient (Wildman–Crippen LogP) is 3.64. The number of alkyl halides is 1. The molecule has 0 aliphatic carbocycles. The van der Waals surface area contributed by atoms with Crippen molar-refractivity contribution in [2.45, 2.75) is 25.6 Å². The van der Waals surface area contributed by atoms with Crippen LogP contribution in [0.2, 0.25) is 0 Å². The number of rotatable bonds is 5. The minimum atomic E-state index is 0.579. The predicted molar refractivity (Wildman–Crippen MR) is 59.4 cm³/mol. The van der Waals surface area contributed by atoms with Crippen LogP contribution in [0.25, 0.3) is 0 Å². The molecule has 72 valence electrons. The van der Waals surface area contributed by atoms with Crippen molar-refractivity contribution >= 4 is 17.3 Å². The minimum Gasteiger partial charge on any atom is -0.385 e. The number of benzene rings is 1. The van der Waals surface area contributed by atoms with E-state index in [0.29, 0.717) is 5.88 Å². The van der Waals surface area contributed by atoms with Crippen LogP contribution in [0, 0.1) is 0 Å². The number of hydrogen-bond donors (Lipinski definition) is 1. The molecule has 0 amide bonds. The molecule has 1 rings (SSSR count). The van der Waals surface area contributed by atoms with Gasteiger partial charge in [0, 0.05) is 18.1 Å². The molecule has 0 radical (unpaired) electrons. The van der Waals surface area contributed by atoms with Crippen LogP contribution in [0.15, 0.2) is 24.3 Å². The van der Waals surface area contributed by atoms with Crippen LogP contribution in [0.5, 0.6) is 0 Å². The molecule has 0 heterocycles. The van der Waals surface area contributed by atoms with E-state index < -0.39 is 0 Å². The average Bonchev–Trinajstić information content (AvgIpc) is 2.19. The second kappa shape index (κ2) is 5.87. The summed E-state index contributed by atoms with van der Waals surface area (Å²) in [6.07, 6.45) is 2.42. The van der Waals surface area contributed by atoms with Gasteiger partial charge >= 0.3 is 0 Å². The van der Waals surface area contributed by atoms with Gasteiger partial charge in [-0.15, -0.1) is 11.6 Å². The molecule has 0 bridgehead atoms. The van der Waals surface area contributed by atoms with E-state index >= 15 is 0 Å². The highest BCUT2D eigenvalue weighted by atomic mass is 35.5. The van der Waals surface area contributed by atoms with Gasteiger partial charge < -0.3 is 5.32 Å². The molecule has 0 aliphatic rings. The van der Waals surface area contributed by atoms with Crippen LogP contribution in [0.1, 0.15) is 25.3 Å². The van der Waals surface area contributed by atoms with E-state index in [1.807, 2.05) is 12.1 Å². The fourth-order valence-corrected chi connectivity index (χ4v) is 1.44. The lowest BCUT2D eigenvalue weighted by Crippen LogP contribution is -2.02. The third-order valence-corrected chi connectivity index (χ3v) is 2.30. The van der Waals surface area contributed by atoms with Gasteiger partial charge in [-0.1, -0.05) is 31.5 Å². The molecule has 13 heavy (non-hydrogen) atoms. The first kappa shape index (κ1) is 10.4. The topological polar surface area (TPSA) is 12.0 Å². The minimum absolute atomic E-state index is 0.579. The summed E-state index contributed by atoms with van der Waals surface area (Å²) in [5.74, 6) is 0.579. The molecule has 1 N–H and O–H groups in total. The highest BCUT2D eigenvalue weighted by Gasteiger charge is 1.97. The molecule has 0 saturated carbocycles. The van der Waals surface area contributed by atoms with E-state index in [0.717, 1.165) is 6.54 Å². The third kappa shape index (κ3) is 3.27. The average molecular weight is 198 g/mol. The van der Waals surface area contributed by atoms with Crippen LogP contribution in [0.3, 0.4) is 0 Å². The maximum atomic E-state index is 5.80. The second-order valence-electron chi connectivity index (χ2n) is 3.07. The summed E-state index contributed by atoms with van der Waals surface area (Å²) in [7, 11) is 0. The lowest BCUT2D eigenvalue weighted by atomic mass is 10.2. The molecule has 1 aromatic rings. The van der Waals surface area contributed by atoms with Gasteiger partial charge in [0.2, 0.25) is 0 Å². The molecule has 1 nitrogen and oxygen atoms in total. The van der Waals surface area contributed by atoms with Crippen molar-refractivity contribution in [3.05, 3.63) is 29.8 Å². The number of nitrogens with one attached hydrogen (secondary N) is 1. The summed E-state index contributed by atoms with van der Waals surface area (Å²) in [6, 6.07) is 8.18. The van der Waals surface area contributed by atoms with E-state index in [4.69, 9.17) is 11.6 Å². The first-order chi connectivity index (χ1) is 6.38. The molecule has 1 aromatic carbocycles. The maximum Gasteiger partial charge on any atom is 0.0494 e. The van der Waals surface area contributed by atoms with Gasteiger partial charge in [-0.3, -0.25) is 0 Å². The summed E-state index contributed by atoms with van der Waals surface area (Å²) in [6.45, 7) is 3.22. The van der Waals surface area contributed by atoms with E-state index in [1.165, 1.54) is 24.1 Å². The Hall–Kier alpha value is -0.690. The molecule has 0 spiro atoms. The Labute approximate surface area is 85.1 Å². The zero-order valence-electron chi connectivity index (χ0n) is 8.02. The Morgan fingerprint density at radius 1 is 1.31 bits per heavy atom. The van der Waals surface area contributed by atoms with Crippen LogP contribution in [-0.4, -0.2) is 6.54 Å². The van der Waals surface area contributed by atoms with E-state index in [1.54, 1.807) is 0 Å². The highest BCUT2D eigenvalue weighted by molar-refractivity contribution is 6.17. The standard InChI is InChI=1S/C11H16ClN/c1-2-3-8-13-11-7-5-4-6-10(11)9-12/h4-7,13H,2-3,8-9H2,1H3. The van der Waals surface area contributed by atoms with Crippen molar-refractivity contribution in [1.29, 1.82) is 0 Å². The smallest absolute Gasteiger partial charge is 0.0494 e. The van der Waals surface area contributed by atoms with Gasteiger partial charge in [-0.05, 0) is 18.1 Å². The maximum absolute atomic E-state index is 5.80. The first-order valence-corrected chi connectivity index (χ1v) is 5.29. The molecular formula is C11H16ClN. The SMILES string of the molecule is CCCCNc1ccccc1CCl. The molecule has 0 fully saturated rings. The normalized spacial score (nSPS) is 10.0. The van der Waals surface area contributed by atoms with Crippen molar-refractivity contribution < 1.29 is 0 Å². The zero-order chi connectivity index (χ0) is 9.52. The summed E-state index contributed by atoms with van der Waals surface area (Å²) in [5, 5.41) is 3.38. The lowest BCUT2D eigenvalue weighted by Gasteiger charge is -2.08. The lowest BCUT2D eigenvalue weighted by molar-refractivity contribution is 0.833. The van der Waals surface area contributed by atoms with Crippen molar-refractivity contribution in [2.75, 3.05) is 11.9 Å². The first-order valence-electron chi connectivity index (χ1n) is 4.76. The number of halogens is 1. The number of unbranched alkanes of at least 4 members (excludes halogenated alkanes) is 1. The molecule has 0 atom stereocenters. The second-order valence-corrected chi connectivity index (χ2v) is 3.34. The largest absolute Gasteiger partial charge is 0.385 e. The molecule has 0 unspecified atom stereocenters. The quantitative estimate of drug-likeness (QED) is 0.562. The van der Waals surface area contributed by atoms with Crippen molar-refractivity contribution in [3.63, 3.8) is 0 Å².